The van der Waals surface area contributed by atoms with Crippen molar-refractivity contribution in [2.75, 3.05) is 20.3 Å². The van der Waals surface area contributed by atoms with Crippen molar-refractivity contribution in [2.24, 2.45) is 0 Å². The second-order valence-electron chi connectivity index (χ2n) is 5.39. The van der Waals surface area contributed by atoms with E-state index in [9.17, 15) is 4.79 Å². The summed E-state index contributed by atoms with van der Waals surface area (Å²) in [5.41, 5.74) is 1.70. The molecule has 0 aliphatic carbocycles. The standard InChI is InChI=1S/C17H22N2O3S/c1-12(2)13-4-6-14(7-5-13)22-10-16-19-15(11-23-16)17(20)18-8-9-21-3/h4-7,11-12H,8-10H2,1-3H3,(H,18,20). The lowest BCUT2D eigenvalue weighted by atomic mass is 10.0. The number of benzene rings is 1. The highest BCUT2D eigenvalue weighted by Gasteiger charge is 2.10. The van der Waals surface area contributed by atoms with E-state index in [0.717, 1.165) is 10.8 Å². The Hall–Kier alpha value is -1.92. The molecule has 5 nitrogen and oxygen atoms in total. The van der Waals surface area contributed by atoms with Crippen LogP contribution >= 0.6 is 11.3 Å². The topological polar surface area (TPSA) is 60.5 Å². The minimum Gasteiger partial charge on any atom is -0.486 e. The number of hydrogen-bond acceptors (Lipinski definition) is 5. The van der Waals surface area contributed by atoms with Gasteiger partial charge in [0.15, 0.2) is 0 Å². The Morgan fingerprint density at radius 3 is 2.70 bits per heavy atom. The zero-order valence-electron chi connectivity index (χ0n) is 13.7. The van der Waals surface area contributed by atoms with E-state index in [-0.39, 0.29) is 5.91 Å². The molecule has 0 spiro atoms. The number of ether oxygens (including phenoxy) is 2. The van der Waals surface area contributed by atoms with Gasteiger partial charge in [0, 0.05) is 19.0 Å². The fourth-order valence-electron chi connectivity index (χ4n) is 1.93. The van der Waals surface area contributed by atoms with Crippen LogP contribution in [0.2, 0.25) is 0 Å². The fourth-order valence-corrected chi connectivity index (χ4v) is 2.62. The van der Waals surface area contributed by atoms with Gasteiger partial charge in [-0.1, -0.05) is 26.0 Å². The molecule has 23 heavy (non-hydrogen) atoms. The zero-order chi connectivity index (χ0) is 16.7. The minimum absolute atomic E-state index is 0.189. The average molecular weight is 334 g/mol. The van der Waals surface area contributed by atoms with Crippen LogP contribution in [0.1, 0.15) is 40.8 Å². The number of amides is 1. The van der Waals surface area contributed by atoms with Crippen molar-refractivity contribution in [3.05, 3.63) is 45.9 Å². The van der Waals surface area contributed by atoms with Crippen molar-refractivity contribution in [3.63, 3.8) is 0 Å². The van der Waals surface area contributed by atoms with Crippen LogP contribution in [0.5, 0.6) is 5.75 Å². The maximum absolute atomic E-state index is 11.8. The van der Waals surface area contributed by atoms with Gasteiger partial charge in [0.05, 0.1) is 6.61 Å². The Bertz CT molecular complexity index is 623. The summed E-state index contributed by atoms with van der Waals surface area (Å²) in [5, 5.41) is 5.25. The van der Waals surface area contributed by atoms with Crippen LogP contribution in [0.3, 0.4) is 0 Å². The molecule has 0 saturated carbocycles. The summed E-state index contributed by atoms with van der Waals surface area (Å²) in [7, 11) is 1.60. The van der Waals surface area contributed by atoms with Crippen LogP contribution in [0.15, 0.2) is 29.6 Å². The summed E-state index contributed by atoms with van der Waals surface area (Å²) in [6, 6.07) is 8.05. The molecule has 0 bridgehead atoms. The third-order valence-electron chi connectivity index (χ3n) is 3.29. The molecule has 6 heteroatoms. The first kappa shape index (κ1) is 17.4. The smallest absolute Gasteiger partial charge is 0.270 e. The lowest BCUT2D eigenvalue weighted by Crippen LogP contribution is -2.27. The highest BCUT2D eigenvalue weighted by atomic mass is 32.1. The van der Waals surface area contributed by atoms with E-state index in [4.69, 9.17) is 9.47 Å². The zero-order valence-corrected chi connectivity index (χ0v) is 14.5. The Balaban J connectivity index is 1.85. The number of thiazole rings is 1. The van der Waals surface area contributed by atoms with Gasteiger partial charge in [-0.25, -0.2) is 4.98 Å². The van der Waals surface area contributed by atoms with Crippen LogP contribution in [-0.2, 0) is 11.3 Å². The van der Waals surface area contributed by atoms with E-state index in [1.165, 1.54) is 16.9 Å². The van der Waals surface area contributed by atoms with Gasteiger partial charge in [0.25, 0.3) is 5.91 Å². The number of aromatic nitrogens is 1. The maximum atomic E-state index is 11.8. The van der Waals surface area contributed by atoms with E-state index in [0.29, 0.717) is 31.4 Å². The molecule has 0 saturated heterocycles. The van der Waals surface area contributed by atoms with Gasteiger partial charge in [0.2, 0.25) is 0 Å². The quantitative estimate of drug-likeness (QED) is 0.753. The van der Waals surface area contributed by atoms with E-state index in [1.54, 1.807) is 12.5 Å². The molecule has 2 aromatic rings. The predicted octanol–water partition coefficient (Wildman–Crippen LogP) is 3.22. The van der Waals surface area contributed by atoms with Crippen LogP contribution in [0.4, 0.5) is 0 Å². The molecule has 0 atom stereocenters. The first-order chi connectivity index (χ1) is 11.1. The lowest BCUT2D eigenvalue weighted by Gasteiger charge is -2.07. The first-order valence-corrected chi connectivity index (χ1v) is 8.42. The molecule has 1 amide bonds. The average Bonchev–Trinajstić information content (AvgIpc) is 3.02. The van der Waals surface area contributed by atoms with Gasteiger partial charge in [-0.05, 0) is 23.6 Å². The number of methoxy groups -OCH3 is 1. The molecule has 124 valence electrons. The van der Waals surface area contributed by atoms with Crippen molar-refractivity contribution in [1.29, 1.82) is 0 Å². The number of carbonyl (C=O) groups excluding carboxylic acids is 1. The summed E-state index contributed by atoms with van der Waals surface area (Å²) >= 11 is 1.42. The summed E-state index contributed by atoms with van der Waals surface area (Å²) < 4.78 is 10.6. The molecule has 1 N–H and O–H groups in total. The van der Waals surface area contributed by atoms with Crippen molar-refractivity contribution in [2.45, 2.75) is 26.4 Å². The highest BCUT2D eigenvalue weighted by Crippen LogP contribution is 2.20. The van der Waals surface area contributed by atoms with Crippen molar-refractivity contribution < 1.29 is 14.3 Å². The number of nitrogens with zero attached hydrogens (tertiary/aromatic N) is 1. The lowest BCUT2D eigenvalue weighted by molar-refractivity contribution is 0.0932. The molecular formula is C17H22N2O3S. The SMILES string of the molecule is COCCNC(=O)c1csc(COc2ccc(C(C)C)cc2)n1. The molecule has 0 unspecified atom stereocenters. The van der Waals surface area contributed by atoms with Crippen LogP contribution in [-0.4, -0.2) is 31.2 Å². The molecule has 0 aliphatic heterocycles. The van der Waals surface area contributed by atoms with Gasteiger partial charge >= 0.3 is 0 Å². The van der Waals surface area contributed by atoms with Gasteiger partial charge in [-0.15, -0.1) is 11.3 Å². The molecule has 2 rings (SSSR count). The first-order valence-electron chi connectivity index (χ1n) is 7.54. The van der Waals surface area contributed by atoms with Gasteiger partial charge < -0.3 is 14.8 Å². The molecule has 1 aromatic heterocycles. The number of rotatable bonds is 8. The van der Waals surface area contributed by atoms with Crippen LogP contribution < -0.4 is 10.1 Å². The highest BCUT2D eigenvalue weighted by molar-refractivity contribution is 7.09. The minimum atomic E-state index is -0.189. The van der Waals surface area contributed by atoms with Gasteiger partial charge in [-0.3, -0.25) is 4.79 Å². The van der Waals surface area contributed by atoms with E-state index >= 15 is 0 Å². The number of hydrogen-bond donors (Lipinski definition) is 1. The normalized spacial score (nSPS) is 10.8. The Kier molecular flexibility index (Phi) is 6.55. The van der Waals surface area contributed by atoms with E-state index < -0.39 is 0 Å². The summed E-state index contributed by atoms with van der Waals surface area (Å²) in [6.45, 7) is 5.63. The summed E-state index contributed by atoms with van der Waals surface area (Å²) in [5.74, 6) is 1.11. The van der Waals surface area contributed by atoms with Crippen molar-refractivity contribution in [1.82, 2.24) is 10.3 Å². The second-order valence-corrected chi connectivity index (χ2v) is 6.33. The Morgan fingerprint density at radius 1 is 1.30 bits per heavy atom. The monoisotopic (exact) mass is 334 g/mol. The predicted molar refractivity (Wildman–Crippen MR) is 91.2 cm³/mol. The molecular weight excluding hydrogens is 312 g/mol. The number of carbonyl (C=O) groups is 1. The molecule has 0 aliphatic rings. The molecule has 0 fully saturated rings. The van der Waals surface area contributed by atoms with Crippen LogP contribution in [0, 0.1) is 0 Å². The van der Waals surface area contributed by atoms with Crippen LogP contribution in [0.25, 0.3) is 0 Å². The third kappa shape index (κ3) is 5.33. The molecule has 0 radical (unpaired) electrons. The Labute approximate surface area is 140 Å². The summed E-state index contributed by atoms with van der Waals surface area (Å²) in [6.07, 6.45) is 0. The Morgan fingerprint density at radius 2 is 2.04 bits per heavy atom. The fraction of sp³-hybridized carbons (Fsp3) is 0.412. The van der Waals surface area contributed by atoms with E-state index in [2.05, 4.69) is 36.3 Å². The van der Waals surface area contributed by atoms with Crippen molar-refractivity contribution >= 4 is 17.2 Å². The second kappa shape index (κ2) is 8.64. The largest absolute Gasteiger partial charge is 0.486 e. The molecule has 1 heterocycles. The van der Waals surface area contributed by atoms with E-state index in [1.807, 2.05) is 12.1 Å². The number of nitrogens with one attached hydrogen (secondary N) is 1. The maximum Gasteiger partial charge on any atom is 0.270 e. The van der Waals surface area contributed by atoms with Gasteiger partial charge in [0.1, 0.15) is 23.1 Å². The molecule has 1 aromatic carbocycles. The third-order valence-corrected chi connectivity index (χ3v) is 4.11. The van der Waals surface area contributed by atoms with Crippen molar-refractivity contribution in [3.8, 4) is 5.75 Å². The van der Waals surface area contributed by atoms with Gasteiger partial charge in [-0.2, -0.15) is 0 Å². The summed E-state index contributed by atoms with van der Waals surface area (Å²) in [4.78, 5) is 16.1.